The molecule has 0 fully saturated rings. The van der Waals surface area contributed by atoms with Crippen LogP contribution in [0.3, 0.4) is 0 Å². The van der Waals surface area contributed by atoms with Gasteiger partial charge in [-0.05, 0) is 38.4 Å². The Kier molecular flexibility index (Phi) is 5.80. The van der Waals surface area contributed by atoms with Gasteiger partial charge in [-0.1, -0.05) is 22.0 Å². The van der Waals surface area contributed by atoms with E-state index in [4.69, 9.17) is 0 Å². The number of aromatic nitrogens is 1. The fourth-order valence-corrected chi connectivity index (χ4v) is 1.66. The summed E-state index contributed by atoms with van der Waals surface area (Å²) in [6.45, 7) is 3.97. The van der Waals surface area contributed by atoms with Crippen molar-refractivity contribution in [1.29, 1.82) is 0 Å². The van der Waals surface area contributed by atoms with E-state index in [2.05, 4.69) is 38.4 Å². The molecule has 1 N–H and O–H groups in total. The van der Waals surface area contributed by atoms with Gasteiger partial charge in [0.15, 0.2) is 0 Å². The minimum atomic E-state index is 0.879. The van der Waals surface area contributed by atoms with Crippen LogP contribution in [-0.2, 0) is 6.54 Å². The summed E-state index contributed by atoms with van der Waals surface area (Å²) < 4.78 is 0. The number of pyridine rings is 1. The van der Waals surface area contributed by atoms with Crippen LogP contribution < -0.4 is 5.32 Å². The Morgan fingerprint density at radius 1 is 1.36 bits per heavy atom. The largest absolute Gasteiger partial charge is 0.311 e. The van der Waals surface area contributed by atoms with Gasteiger partial charge in [-0.15, -0.1) is 0 Å². The second-order valence-corrected chi connectivity index (χ2v) is 4.14. The molecule has 1 aromatic heterocycles. The number of rotatable bonds is 6. The smallest absolute Gasteiger partial charge is 0.0544 e. The van der Waals surface area contributed by atoms with Crippen molar-refractivity contribution in [3.8, 4) is 0 Å². The molecule has 1 rings (SSSR count). The zero-order chi connectivity index (χ0) is 10.2. The fourth-order valence-electron chi connectivity index (χ4n) is 1.26. The van der Waals surface area contributed by atoms with Crippen molar-refractivity contribution in [2.45, 2.75) is 26.3 Å². The van der Waals surface area contributed by atoms with E-state index >= 15 is 0 Å². The third kappa shape index (κ3) is 4.72. The number of unbranched alkanes of at least 4 members (excludes halogenated alkanes) is 1. The van der Waals surface area contributed by atoms with Crippen LogP contribution in [0.5, 0.6) is 0 Å². The van der Waals surface area contributed by atoms with Gasteiger partial charge in [-0.25, -0.2) is 0 Å². The number of hydrogen-bond donors (Lipinski definition) is 1. The molecule has 0 saturated carbocycles. The van der Waals surface area contributed by atoms with Gasteiger partial charge in [0, 0.05) is 17.6 Å². The van der Waals surface area contributed by atoms with Crippen LogP contribution in [0.1, 0.15) is 24.2 Å². The number of alkyl halides is 1. The van der Waals surface area contributed by atoms with Gasteiger partial charge >= 0.3 is 0 Å². The third-order valence-electron chi connectivity index (χ3n) is 1.99. The van der Waals surface area contributed by atoms with Crippen LogP contribution in [0.2, 0.25) is 0 Å². The van der Waals surface area contributed by atoms with E-state index in [1.807, 2.05) is 13.0 Å². The molecule has 78 valence electrons. The Bertz CT molecular complexity index is 263. The number of halogens is 1. The van der Waals surface area contributed by atoms with Crippen molar-refractivity contribution in [2.24, 2.45) is 0 Å². The lowest BCUT2D eigenvalue weighted by Crippen LogP contribution is -2.15. The zero-order valence-electron chi connectivity index (χ0n) is 8.59. The summed E-state index contributed by atoms with van der Waals surface area (Å²) in [5.74, 6) is 0. The third-order valence-corrected chi connectivity index (χ3v) is 2.55. The number of nitrogens with zero attached hydrogens (tertiary/aromatic N) is 1. The average molecular weight is 257 g/mol. The van der Waals surface area contributed by atoms with Gasteiger partial charge < -0.3 is 5.32 Å². The van der Waals surface area contributed by atoms with Crippen molar-refractivity contribution in [3.05, 3.63) is 29.6 Å². The van der Waals surface area contributed by atoms with Crippen molar-refractivity contribution in [1.82, 2.24) is 10.3 Å². The van der Waals surface area contributed by atoms with Crippen molar-refractivity contribution >= 4 is 15.9 Å². The monoisotopic (exact) mass is 256 g/mol. The molecule has 0 spiro atoms. The van der Waals surface area contributed by atoms with Crippen LogP contribution in [0, 0.1) is 6.92 Å². The molecular formula is C11H17BrN2. The summed E-state index contributed by atoms with van der Waals surface area (Å²) in [4.78, 5) is 4.42. The minimum Gasteiger partial charge on any atom is -0.311 e. The summed E-state index contributed by atoms with van der Waals surface area (Å²) in [6.07, 6.45) is 2.45. The lowest BCUT2D eigenvalue weighted by Gasteiger charge is -2.03. The first-order valence-electron chi connectivity index (χ1n) is 5.02. The van der Waals surface area contributed by atoms with Gasteiger partial charge in [0.2, 0.25) is 0 Å². The number of hydrogen-bond acceptors (Lipinski definition) is 2. The van der Waals surface area contributed by atoms with Gasteiger partial charge in [0.25, 0.3) is 0 Å². The van der Waals surface area contributed by atoms with E-state index in [1.54, 1.807) is 0 Å². The SMILES string of the molecule is Cc1cccc(CNCCCCBr)n1. The Labute approximate surface area is 94.3 Å². The topological polar surface area (TPSA) is 24.9 Å². The summed E-state index contributed by atoms with van der Waals surface area (Å²) in [7, 11) is 0. The Morgan fingerprint density at radius 2 is 2.21 bits per heavy atom. The Hall–Kier alpha value is -0.410. The molecule has 0 unspecified atom stereocenters. The average Bonchev–Trinajstić information content (AvgIpc) is 2.18. The van der Waals surface area contributed by atoms with Crippen LogP contribution in [0.4, 0.5) is 0 Å². The first-order chi connectivity index (χ1) is 6.83. The molecule has 3 heteroatoms. The molecule has 0 bridgehead atoms. The second kappa shape index (κ2) is 6.96. The molecule has 0 aliphatic heterocycles. The molecule has 14 heavy (non-hydrogen) atoms. The van der Waals surface area contributed by atoms with E-state index in [9.17, 15) is 0 Å². The van der Waals surface area contributed by atoms with E-state index in [0.717, 1.165) is 29.8 Å². The lowest BCUT2D eigenvalue weighted by atomic mass is 10.3. The molecule has 0 aromatic carbocycles. The maximum Gasteiger partial charge on any atom is 0.0544 e. The molecule has 0 atom stereocenters. The summed E-state index contributed by atoms with van der Waals surface area (Å²) in [6, 6.07) is 6.14. The summed E-state index contributed by atoms with van der Waals surface area (Å²) in [5.41, 5.74) is 2.22. The molecule has 0 radical (unpaired) electrons. The van der Waals surface area contributed by atoms with E-state index < -0.39 is 0 Å². The van der Waals surface area contributed by atoms with Gasteiger partial charge in [0.05, 0.1) is 5.69 Å². The second-order valence-electron chi connectivity index (χ2n) is 3.34. The summed E-state index contributed by atoms with van der Waals surface area (Å²) >= 11 is 3.42. The quantitative estimate of drug-likeness (QED) is 0.626. The predicted octanol–water partition coefficient (Wildman–Crippen LogP) is 2.65. The molecule has 0 aliphatic rings. The van der Waals surface area contributed by atoms with E-state index in [0.29, 0.717) is 0 Å². The fraction of sp³-hybridized carbons (Fsp3) is 0.545. The highest BCUT2D eigenvalue weighted by Crippen LogP contribution is 1.98. The molecule has 1 aromatic rings. The van der Waals surface area contributed by atoms with Gasteiger partial charge in [-0.2, -0.15) is 0 Å². The maximum atomic E-state index is 4.42. The molecule has 0 amide bonds. The van der Waals surface area contributed by atoms with Crippen molar-refractivity contribution < 1.29 is 0 Å². The molecule has 0 aliphatic carbocycles. The number of nitrogens with one attached hydrogen (secondary N) is 1. The lowest BCUT2D eigenvalue weighted by molar-refractivity contribution is 0.635. The molecule has 2 nitrogen and oxygen atoms in total. The first-order valence-corrected chi connectivity index (χ1v) is 6.14. The minimum absolute atomic E-state index is 0.879. The first kappa shape index (κ1) is 11.7. The van der Waals surface area contributed by atoms with Crippen LogP contribution in [0.25, 0.3) is 0 Å². The normalized spacial score (nSPS) is 10.4. The maximum absolute atomic E-state index is 4.42. The van der Waals surface area contributed by atoms with Gasteiger partial charge in [-0.3, -0.25) is 4.98 Å². The highest BCUT2D eigenvalue weighted by Gasteiger charge is 1.93. The Balaban J connectivity index is 2.18. The van der Waals surface area contributed by atoms with Crippen LogP contribution >= 0.6 is 15.9 Å². The molecule has 1 heterocycles. The van der Waals surface area contributed by atoms with Crippen LogP contribution in [-0.4, -0.2) is 16.9 Å². The zero-order valence-corrected chi connectivity index (χ0v) is 10.2. The molecular weight excluding hydrogens is 240 g/mol. The highest BCUT2D eigenvalue weighted by molar-refractivity contribution is 9.09. The van der Waals surface area contributed by atoms with Gasteiger partial charge in [0.1, 0.15) is 0 Å². The van der Waals surface area contributed by atoms with Crippen molar-refractivity contribution in [3.63, 3.8) is 0 Å². The molecule has 0 saturated heterocycles. The van der Waals surface area contributed by atoms with E-state index in [1.165, 1.54) is 12.8 Å². The predicted molar refractivity (Wildman–Crippen MR) is 63.7 cm³/mol. The number of aryl methyl sites for hydroxylation is 1. The standard InChI is InChI=1S/C11H17BrN2/c1-10-5-4-6-11(14-10)9-13-8-3-2-7-12/h4-6,13H,2-3,7-9H2,1H3. The van der Waals surface area contributed by atoms with E-state index in [-0.39, 0.29) is 0 Å². The van der Waals surface area contributed by atoms with Crippen molar-refractivity contribution in [2.75, 3.05) is 11.9 Å². The summed E-state index contributed by atoms with van der Waals surface area (Å²) in [5, 5.41) is 4.47. The highest BCUT2D eigenvalue weighted by atomic mass is 79.9. The Morgan fingerprint density at radius 3 is 2.93 bits per heavy atom. The van der Waals surface area contributed by atoms with Crippen LogP contribution in [0.15, 0.2) is 18.2 Å².